The number of amides is 1. The Kier molecular flexibility index (Phi) is 3.70. The zero-order valence-electron chi connectivity index (χ0n) is 12.1. The molecule has 3 rings (SSSR count). The zero-order valence-corrected chi connectivity index (χ0v) is 12.1. The van der Waals surface area contributed by atoms with E-state index < -0.39 is 0 Å². The van der Waals surface area contributed by atoms with E-state index in [2.05, 4.69) is 10.3 Å². The molecule has 0 aliphatic rings. The molecule has 1 amide bonds. The molecule has 3 aromatic rings. The lowest BCUT2D eigenvalue weighted by atomic mass is 10.1. The SMILES string of the molecule is CC(=O)c1cn(CC(=O)Nc2ccccn2)c2ccccc12. The Bertz CT molecular complexity index is 837. The Morgan fingerprint density at radius 2 is 1.91 bits per heavy atom. The molecule has 0 aliphatic carbocycles. The highest BCUT2D eigenvalue weighted by atomic mass is 16.2. The fourth-order valence-corrected chi connectivity index (χ4v) is 2.43. The van der Waals surface area contributed by atoms with E-state index in [9.17, 15) is 9.59 Å². The molecule has 0 fully saturated rings. The molecule has 0 saturated carbocycles. The van der Waals surface area contributed by atoms with Gasteiger partial charge in [0.15, 0.2) is 5.78 Å². The van der Waals surface area contributed by atoms with Crippen LogP contribution in [-0.2, 0) is 11.3 Å². The number of anilines is 1. The number of pyridine rings is 1. The number of fused-ring (bicyclic) bond motifs is 1. The molecule has 2 aromatic heterocycles. The van der Waals surface area contributed by atoms with Crippen molar-refractivity contribution in [1.29, 1.82) is 0 Å². The molecule has 0 spiro atoms. The summed E-state index contributed by atoms with van der Waals surface area (Å²) < 4.78 is 1.78. The van der Waals surface area contributed by atoms with E-state index in [1.165, 1.54) is 6.92 Å². The molecule has 2 heterocycles. The second kappa shape index (κ2) is 5.81. The first-order chi connectivity index (χ1) is 10.6. The van der Waals surface area contributed by atoms with Crippen LogP contribution in [0.25, 0.3) is 10.9 Å². The number of nitrogens with zero attached hydrogens (tertiary/aromatic N) is 2. The van der Waals surface area contributed by atoms with Crippen LogP contribution in [0.5, 0.6) is 0 Å². The van der Waals surface area contributed by atoms with Crippen molar-refractivity contribution in [3.05, 3.63) is 60.4 Å². The van der Waals surface area contributed by atoms with Gasteiger partial charge in [0.05, 0.1) is 0 Å². The number of rotatable bonds is 4. The Hall–Kier alpha value is -2.95. The second-order valence-electron chi connectivity index (χ2n) is 5.01. The molecule has 0 radical (unpaired) electrons. The summed E-state index contributed by atoms with van der Waals surface area (Å²) >= 11 is 0. The van der Waals surface area contributed by atoms with Gasteiger partial charge in [0.2, 0.25) is 5.91 Å². The van der Waals surface area contributed by atoms with Gasteiger partial charge >= 0.3 is 0 Å². The summed E-state index contributed by atoms with van der Waals surface area (Å²) in [6.07, 6.45) is 3.35. The predicted octanol–water partition coefficient (Wildman–Crippen LogP) is 2.88. The summed E-state index contributed by atoms with van der Waals surface area (Å²) in [5, 5.41) is 3.60. The topological polar surface area (TPSA) is 64.0 Å². The van der Waals surface area contributed by atoms with Crippen LogP contribution in [0.4, 0.5) is 5.82 Å². The number of aromatic nitrogens is 2. The van der Waals surface area contributed by atoms with Gasteiger partial charge in [-0.25, -0.2) is 4.98 Å². The third-order valence-electron chi connectivity index (χ3n) is 3.41. The van der Waals surface area contributed by atoms with Crippen LogP contribution in [0.2, 0.25) is 0 Å². The van der Waals surface area contributed by atoms with Crippen molar-refractivity contribution in [1.82, 2.24) is 9.55 Å². The Labute approximate surface area is 127 Å². The summed E-state index contributed by atoms with van der Waals surface area (Å²) in [5.74, 6) is 0.311. The lowest BCUT2D eigenvalue weighted by Gasteiger charge is -2.06. The first kappa shape index (κ1) is 14.0. The first-order valence-electron chi connectivity index (χ1n) is 6.95. The van der Waals surface area contributed by atoms with Crippen LogP contribution in [0.3, 0.4) is 0 Å². The third-order valence-corrected chi connectivity index (χ3v) is 3.41. The number of para-hydroxylation sites is 1. The van der Waals surface area contributed by atoms with E-state index in [4.69, 9.17) is 0 Å². The van der Waals surface area contributed by atoms with Crippen molar-refractivity contribution < 1.29 is 9.59 Å². The van der Waals surface area contributed by atoms with Crippen LogP contribution in [0, 0.1) is 0 Å². The molecule has 5 nitrogen and oxygen atoms in total. The number of hydrogen-bond acceptors (Lipinski definition) is 3. The van der Waals surface area contributed by atoms with Crippen LogP contribution in [-0.4, -0.2) is 21.2 Å². The molecular weight excluding hydrogens is 278 g/mol. The lowest BCUT2D eigenvalue weighted by Crippen LogP contribution is -2.18. The quantitative estimate of drug-likeness (QED) is 0.752. The molecule has 0 bridgehead atoms. The molecule has 110 valence electrons. The van der Waals surface area contributed by atoms with Crippen molar-refractivity contribution in [3.63, 3.8) is 0 Å². The Morgan fingerprint density at radius 1 is 1.14 bits per heavy atom. The lowest BCUT2D eigenvalue weighted by molar-refractivity contribution is -0.116. The maximum Gasteiger partial charge on any atom is 0.245 e. The molecule has 0 atom stereocenters. The van der Waals surface area contributed by atoms with Crippen molar-refractivity contribution in [2.45, 2.75) is 13.5 Å². The summed E-state index contributed by atoms with van der Waals surface area (Å²) in [7, 11) is 0. The highest BCUT2D eigenvalue weighted by Crippen LogP contribution is 2.21. The van der Waals surface area contributed by atoms with Gasteiger partial charge in [-0.3, -0.25) is 9.59 Å². The highest BCUT2D eigenvalue weighted by molar-refractivity contribution is 6.07. The fourth-order valence-electron chi connectivity index (χ4n) is 2.43. The maximum atomic E-state index is 12.1. The summed E-state index contributed by atoms with van der Waals surface area (Å²) in [4.78, 5) is 27.9. The van der Waals surface area contributed by atoms with Crippen molar-refractivity contribution in [2.24, 2.45) is 0 Å². The Morgan fingerprint density at radius 3 is 2.64 bits per heavy atom. The minimum Gasteiger partial charge on any atom is -0.337 e. The number of carbonyl (C=O) groups is 2. The van der Waals surface area contributed by atoms with Gasteiger partial charge in [0.1, 0.15) is 12.4 Å². The van der Waals surface area contributed by atoms with Crippen LogP contribution in [0.1, 0.15) is 17.3 Å². The van der Waals surface area contributed by atoms with E-state index in [1.54, 1.807) is 29.1 Å². The molecule has 22 heavy (non-hydrogen) atoms. The average molecular weight is 293 g/mol. The minimum atomic E-state index is -0.186. The molecular formula is C17H15N3O2. The number of nitrogens with one attached hydrogen (secondary N) is 1. The first-order valence-corrected chi connectivity index (χ1v) is 6.95. The summed E-state index contributed by atoms with van der Waals surface area (Å²) in [6, 6.07) is 12.9. The van der Waals surface area contributed by atoms with E-state index in [0.717, 1.165) is 10.9 Å². The molecule has 0 saturated heterocycles. The number of carbonyl (C=O) groups excluding carboxylic acids is 2. The summed E-state index contributed by atoms with van der Waals surface area (Å²) in [5.41, 5.74) is 1.49. The van der Waals surface area contributed by atoms with E-state index in [0.29, 0.717) is 11.4 Å². The van der Waals surface area contributed by atoms with Crippen LogP contribution < -0.4 is 5.32 Å². The maximum absolute atomic E-state index is 12.1. The minimum absolute atomic E-state index is 0.0138. The summed E-state index contributed by atoms with van der Waals surface area (Å²) in [6.45, 7) is 1.66. The Balaban J connectivity index is 1.88. The van der Waals surface area contributed by atoms with Gasteiger partial charge in [0, 0.05) is 28.9 Å². The van der Waals surface area contributed by atoms with Gasteiger partial charge in [-0.1, -0.05) is 24.3 Å². The van der Waals surface area contributed by atoms with Gasteiger partial charge in [-0.15, -0.1) is 0 Å². The third kappa shape index (κ3) is 2.74. The molecule has 0 aliphatic heterocycles. The molecule has 1 aromatic carbocycles. The van der Waals surface area contributed by atoms with Gasteiger partial charge in [0.25, 0.3) is 0 Å². The molecule has 1 N–H and O–H groups in total. The monoisotopic (exact) mass is 293 g/mol. The van der Waals surface area contributed by atoms with E-state index in [1.807, 2.05) is 30.3 Å². The van der Waals surface area contributed by atoms with E-state index >= 15 is 0 Å². The fraction of sp³-hybridized carbons (Fsp3) is 0.118. The normalized spacial score (nSPS) is 10.6. The average Bonchev–Trinajstić information content (AvgIpc) is 2.87. The smallest absolute Gasteiger partial charge is 0.245 e. The van der Waals surface area contributed by atoms with Crippen molar-refractivity contribution in [2.75, 3.05) is 5.32 Å². The van der Waals surface area contributed by atoms with Crippen molar-refractivity contribution in [3.8, 4) is 0 Å². The highest BCUT2D eigenvalue weighted by Gasteiger charge is 2.13. The van der Waals surface area contributed by atoms with Gasteiger partial charge in [-0.2, -0.15) is 0 Å². The van der Waals surface area contributed by atoms with Gasteiger partial charge < -0.3 is 9.88 Å². The predicted molar refractivity (Wildman–Crippen MR) is 84.8 cm³/mol. The van der Waals surface area contributed by atoms with E-state index in [-0.39, 0.29) is 18.2 Å². The number of ketones is 1. The number of benzene rings is 1. The number of hydrogen-bond donors (Lipinski definition) is 1. The number of Topliss-reactive ketones (excluding diaryl/α,β-unsaturated/α-hetero) is 1. The molecule has 5 heteroatoms. The van der Waals surface area contributed by atoms with Crippen LogP contribution >= 0.6 is 0 Å². The van der Waals surface area contributed by atoms with Gasteiger partial charge in [-0.05, 0) is 25.1 Å². The largest absolute Gasteiger partial charge is 0.337 e. The second-order valence-corrected chi connectivity index (χ2v) is 5.01. The zero-order chi connectivity index (χ0) is 15.5. The molecule has 0 unspecified atom stereocenters. The van der Waals surface area contributed by atoms with Crippen molar-refractivity contribution >= 4 is 28.4 Å². The standard InChI is InChI=1S/C17H15N3O2/c1-12(21)14-10-20(15-7-3-2-6-13(14)15)11-17(22)19-16-8-4-5-9-18-16/h2-10H,11H2,1H3,(H,18,19,22). The van der Waals surface area contributed by atoms with Crippen LogP contribution in [0.15, 0.2) is 54.9 Å².